The third kappa shape index (κ3) is 2.27. The van der Waals surface area contributed by atoms with E-state index in [0.29, 0.717) is 6.04 Å². The molecule has 2 rings (SSSR count). The van der Waals surface area contributed by atoms with Crippen molar-refractivity contribution >= 4 is 15.9 Å². The van der Waals surface area contributed by atoms with Crippen molar-refractivity contribution in [1.29, 1.82) is 0 Å². The first-order chi connectivity index (χ1) is 7.20. The summed E-state index contributed by atoms with van der Waals surface area (Å²) in [5, 5.41) is 0. The van der Waals surface area contributed by atoms with Gasteiger partial charge in [0.15, 0.2) is 0 Å². The number of nitrogens with zero attached hydrogens (tertiary/aromatic N) is 2. The lowest BCUT2D eigenvalue weighted by atomic mass is 10.2. The molecule has 4 heteroatoms. The summed E-state index contributed by atoms with van der Waals surface area (Å²) in [7, 11) is 2.09. The first kappa shape index (κ1) is 11.2. The molecule has 1 aromatic heterocycles. The van der Waals surface area contributed by atoms with Crippen LogP contribution in [-0.2, 0) is 11.8 Å². The van der Waals surface area contributed by atoms with Crippen molar-refractivity contribution in [3.63, 3.8) is 0 Å². The van der Waals surface area contributed by atoms with Crippen LogP contribution in [0.2, 0.25) is 0 Å². The summed E-state index contributed by atoms with van der Waals surface area (Å²) in [6.45, 7) is 6.03. The van der Waals surface area contributed by atoms with Gasteiger partial charge in [-0.3, -0.25) is 4.90 Å². The number of rotatable bonds is 2. The summed E-state index contributed by atoms with van der Waals surface area (Å²) in [6.07, 6.45) is 0. The van der Waals surface area contributed by atoms with Gasteiger partial charge in [-0.1, -0.05) is 0 Å². The summed E-state index contributed by atoms with van der Waals surface area (Å²) >= 11 is 3.53. The van der Waals surface area contributed by atoms with Gasteiger partial charge in [-0.2, -0.15) is 0 Å². The van der Waals surface area contributed by atoms with Gasteiger partial charge in [-0.15, -0.1) is 0 Å². The predicted molar refractivity (Wildman–Crippen MR) is 63.9 cm³/mol. The van der Waals surface area contributed by atoms with Gasteiger partial charge >= 0.3 is 0 Å². The zero-order valence-corrected chi connectivity index (χ0v) is 10.8. The van der Waals surface area contributed by atoms with Gasteiger partial charge in [0, 0.05) is 31.9 Å². The predicted octanol–water partition coefficient (Wildman–Crippen LogP) is 2.18. The molecule has 1 aromatic rings. The Kier molecular flexibility index (Phi) is 3.49. The standard InChI is InChI=1S/C11H17BrN2O/c1-9(14-5-7-15-8-6-14)10-3-4-11(12)13(10)2/h3-4,9H,5-8H2,1-2H3. The number of ether oxygens (including phenoxy) is 1. The Labute approximate surface area is 99.1 Å². The van der Waals surface area contributed by atoms with Crippen molar-refractivity contribution in [2.45, 2.75) is 13.0 Å². The minimum absolute atomic E-state index is 0.463. The smallest absolute Gasteiger partial charge is 0.0846 e. The van der Waals surface area contributed by atoms with Crippen LogP contribution in [-0.4, -0.2) is 35.8 Å². The molecule has 3 nitrogen and oxygen atoms in total. The SMILES string of the molecule is CC(c1ccc(Br)n1C)N1CCOCC1. The molecular weight excluding hydrogens is 256 g/mol. The lowest BCUT2D eigenvalue weighted by Gasteiger charge is -2.32. The van der Waals surface area contributed by atoms with Gasteiger partial charge in [-0.05, 0) is 35.0 Å². The average Bonchev–Trinajstić information content (AvgIpc) is 2.60. The van der Waals surface area contributed by atoms with Crippen molar-refractivity contribution in [3.8, 4) is 0 Å². The minimum Gasteiger partial charge on any atom is -0.379 e. The van der Waals surface area contributed by atoms with E-state index in [1.165, 1.54) is 5.69 Å². The van der Waals surface area contributed by atoms with Crippen molar-refractivity contribution < 1.29 is 4.74 Å². The molecule has 1 fully saturated rings. The topological polar surface area (TPSA) is 17.4 Å². The van der Waals surface area contributed by atoms with E-state index in [1.807, 2.05) is 0 Å². The maximum Gasteiger partial charge on any atom is 0.0846 e. The van der Waals surface area contributed by atoms with Gasteiger partial charge in [0.2, 0.25) is 0 Å². The number of morpholine rings is 1. The van der Waals surface area contributed by atoms with E-state index in [1.54, 1.807) is 0 Å². The molecule has 1 aliphatic rings. The van der Waals surface area contributed by atoms with Crippen LogP contribution < -0.4 is 0 Å². The summed E-state index contributed by atoms with van der Waals surface area (Å²) in [5.74, 6) is 0. The van der Waals surface area contributed by atoms with Crippen LogP contribution in [0.1, 0.15) is 18.7 Å². The fraction of sp³-hybridized carbons (Fsp3) is 0.636. The highest BCUT2D eigenvalue weighted by molar-refractivity contribution is 9.10. The quantitative estimate of drug-likeness (QED) is 0.821. The molecule has 0 N–H and O–H groups in total. The Morgan fingerprint density at radius 3 is 2.53 bits per heavy atom. The maximum absolute atomic E-state index is 5.36. The van der Waals surface area contributed by atoms with E-state index >= 15 is 0 Å². The van der Waals surface area contributed by atoms with E-state index in [4.69, 9.17) is 4.74 Å². The molecule has 0 bridgehead atoms. The monoisotopic (exact) mass is 272 g/mol. The molecule has 0 aromatic carbocycles. The van der Waals surface area contributed by atoms with Gasteiger partial charge in [-0.25, -0.2) is 0 Å². The van der Waals surface area contributed by atoms with Crippen LogP contribution in [0, 0.1) is 0 Å². The van der Waals surface area contributed by atoms with Crippen molar-refractivity contribution in [2.24, 2.45) is 7.05 Å². The van der Waals surface area contributed by atoms with Gasteiger partial charge in [0.05, 0.1) is 17.8 Å². The van der Waals surface area contributed by atoms with Gasteiger partial charge in [0.1, 0.15) is 0 Å². The number of hydrogen-bond donors (Lipinski definition) is 0. The molecule has 0 saturated carbocycles. The van der Waals surface area contributed by atoms with Crippen LogP contribution >= 0.6 is 15.9 Å². The minimum atomic E-state index is 0.463. The summed E-state index contributed by atoms with van der Waals surface area (Å²) in [6, 6.07) is 4.75. The highest BCUT2D eigenvalue weighted by atomic mass is 79.9. The molecular formula is C11H17BrN2O. The third-order valence-electron chi connectivity index (χ3n) is 3.12. The molecule has 15 heavy (non-hydrogen) atoms. The Balaban J connectivity index is 2.12. The van der Waals surface area contributed by atoms with Crippen molar-refractivity contribution in [3.05, 3.63) is 22.4 Å². The molecule has 0 aliphatic carbocycles. The second-order valence-electron chi connectivity index (χ2n) is 3.96. The van der Waals surface area contributed by atoms with Crippen LogP contribution in [0.5, 0.6) is 0 Å². The summed E-state index contributed by atoms with van der Waals surface area (Å²) < 4.78 is 8.69. The summed E-state index contributed by atoms with van der Waals surface area (Å²) in [4.78, 5) is 2.46. The molecule has 0 spiro atoms. The first-order valence-corrected chi connectivity index (χ1v) is 6.12. The molecule has 2 heterocycles. The van der Waals surface area contributed by atoms with E-state index in [2.05, 4.69) is 51.5 Å². The lowest BCUT2D eigenvalue weighted by molar-refractivity contribution is 0.0185. The van der Waals surface area contributed by atoms with Gasteiger partial charge < -0.3 is 9.30 Å². The number of hydrogen-bond acceptors (Lipinski definition) is 2. The Morgan fingerprint density at radius 2 is 2.00 bits per heavy atom. The van der Waals surface area contributed by atoms with Crippen molar-refractivity contribution in [2.75, 3.05) is 26.3 Å². The molecule has 1 aliphatic heterocycles. The molecule has 1 atom stereocenters. The molecule has 0 radical (unpaired) electrons. The first-order valence-electron chi connectivity index (χ1n) is 5.33. The van der Waals surface area contributed by atoms with E-state index in [-0.39, 0.29) is 0 Å². The number of halogens is 1. The van der Waals surface area contributed by atoms with E-state index < -0.39 is 0 Å². The van der Waals surface area contributed by atoms with Crippen LogP contribution in [0.3, 0.4) is 0 Å². The zero-order valence-electron chi connectivity index (χ0n) is 9.24. The average molecular weight is 273 g/mol. The van der Waals surface area contributed by atoms with Crippen LogP contribution in [0.25, 0.3) is 0 Å². The maximum atomic E-state index is 5.36. The Morgan fingerprint density at radius 1 is 1.33 bits per heavy atom. The number of aromatic nitrogens is 1. The second-order valence-corrected chi connectivity index (χ2v) is 4.78. The molecule has 0 amide bonds. The third-order valence-corrected chi connectivity index (χ3v) is 3.92. The fourth-order valence-corrected chi connectivity index (χ4v) is 2.41. The van der Waals surface area contributed by atoms with Crippen LogP contribution in [0.4, 0.5) is 0 Å². The molecule has 1 unspecified atom stereocenters. The Hall–Kier alpha value is -0.320. The van der Waals surface area contributed by atoms with Crippen LogP contribution in [0.15, 0.2) is 16.7 Å². The second kappa shape index (κ2) is 4.68. The highest BCUT2D eigenvalue weighted by Gasteiger charge is 2.20. The fourth-order valence-electron chi connectivity index (χ4n) is 2.07. The Bertz CT molecular complexity index is 331. The van der Waals surface area contributed by atoms with Crippen molar-refractivity contribution in [1.82, 2.24) is 9.47 Å². The highest BCUT2D eigenvalue weighted by Crippen LogP contribution is 2.24. The largest absolute Gasteiger partial charge is 0.379 e. The molecule has 1 saturated heterocycles. The lowest BCUT2D eigenvalue weighted by Crippen LogP contribution is -2.38. The normalized spacial score (nSPS) is 20.5. The van der Waals surface area contributed by atoms with Gasteiger partial charge in [0.25, 0.3) is 0 Å². The summed E-state index contributed by atoms with van der Waals surface area (Å²) in [5.41, 5.74) is 1.35. The molecule has 84 valence electrons. The van der Waals surface area contributed by atoms with E-state index in [0.717, 1.165) is 30.9 Å². The zero-order chi connectivity index (χ0) is 10.8. The van der Waals surface area contributed by atoms with E-state index in [9.17, 15) is 0 Å².